The number of amides is 1. The maximum atomic E-state index is 12.4. The molecule has 0 radical (unpaired) electrons. The molecular formula is C21H28N2OS. The Bertz CT molecular complexity index is 678. The van der Waals surface area contributed by atoms with Crippen LogP contribution in [0.1, 0.15) is 30.9 Å². The average Bonchev–Trinajstić information content (AvgIpc) is 2.60. The second-order valence-electron chi connectivity index (χ2n) is 6.82. The van der Waals surface area contributed by atoms with Crippen molar-refractivity contribution in [2.24, 2.45) is 0 Å². The van der Waals surface area contributed by atoms with Gasteiger partial charge in [-0.05, 0) is 41.3 Å². The molecule has 0 saturated heterocycles. The smallest absolute Gasteiger partial charge is 0.232 e. The molecule has 0 fully saturated rings. The van der Waals surface area contributed by atoms with Gasteiger partial charge in [0.05, 0.1) is 5.75 Å². The van der Waals surface area contributed by atoms with Crippen molar-refractivity contribution >= 4 is 23.4 Å². The number of hydrogen-bond donors (Lipinski definition) is 0. The Labute approximate surface area is 156 Å². The van der Waals surface area contributed by atoms with Gasteiger partial charge in [-0.15, -0.1) is 11.8 Å². The van der Waals surface area contributed by atoms with Gasteiger partial charge in [0.2, 0.25) is 5.91 Å². The number of carbonyl (C=O) groups is 1. The van der Waals surface area contributed by atoms with Crippen molar-refractivity contribution in [3.8, 4) is 0 Å². The van der Waals surface area contributed by atoms with Gasteiger partial charge in [-0.1, -0.05) is 38.1 Å². The summed E-state index contributed by atoms with van der Waals surface area (Å²) in [4.78, 5) is 17.4. The van der Waals surface area contributed by atoms with Crippen LogP contribution in [0.4, 0.5) is 5.69 Å². The van der Waals surface area contributed by atoms with Crippen LogP contribution in [-0.4, -0.2) is 37.7 Å². The molecule has 0 aliphatic heterocycles. The number of carbonyl (C=O) groups excluding carboxylic acids is 1. The molecule has 0 aromatic heterocycles. The van der Waals surface area contributed by atoms with E-state index >= 15 is 0 Å². The lowest BCUT2D eigenvalue weighted by molar-refractivity contribution is -0.127. The Kier molecular flexibility index (Phi) is 6.94. The van der Waals surface area contributed by atoms with E-state index in [-0.39, 0.29) is 5.91 Å². The minimum absolute atomic E-state index is 0.148. The van der Waals surface area contributed by atoms with Gasteiger partial charge in [-0.2, -0.15) is 0 Å². The fourth-order valence-corrected chi connectivity index (χ4v) is 3.30. The van der Waals surface area contributed by atoms with Crippen molar-refractivity contribution in [1.29, 1.82) is 0 Å². The summed E-state index contributed by atoms with van der Waals surface area (Å²) in [5.41, 5.74) is 3.64. The molecule has 0 spiro atoms. The van der Waals surface area contributed by atoms with Gasteiger partial charge in [0, 0.05) is 38.3 Å². The molecule has 25 heavy (non-hydrogen) atoms. The van der Waals surface area contributed by atoms with Crippen molar-refractivity contribution in [3.63, 3.8) is 0 Å². The second-order valence-corrected chi connectivity index (χ2v) is 7.87. The van der Waals surface area contributed by atoms with Gasteiger partial charge in [0.1, 0.15) is 0 Å². The molecule has 1 amide bonds. The van der Waals surface area contributed by atoms with Gasteiger partial charge in [0.25, 0.3) is 0 Å². The van der Waals surface area contributed by atoms with Crippen molar-refractivity contribution in [3.05, 3.63) is 59.7 Å². The van der Waals surface area contributed by atoms with E-state index in [1.54, 1.807) is 16.7 Å². The van der Waals surface area contributed by atoms with Gasteiger partial charge >= 0.3 is 0 Å². The van der Waals surface area contributed by atoms with E-state index in [0.29, 0.717) is 18.2 Å². The van der Waals surface area contributed by atoms with E-state index < -0.39 is 0 Å². The lowest BCUT2D eigenvalue weighted by Gasteiger charge is -2.18. The van der Waals surface area contributed by atoms with Gasteiger partial charge in [-0.25, -0.2) is 0 Å². The summed E-state index contributed by atoms with van der Waals surface area (Å²) in [5.74, 6) is 1.15. The highest BCUT2D eigenvalue weighted by Gasteiger charge is 2.10. The summed E-state index contributed by atoms with van der Waals surface area (Å²) in [5, 5.41) is 0. The zero-order valence-corrected chi connectivity index (χ0v) is 16.6. The number of rotatable bonds is 7. The number of benzene rings is 2. The second kappa shape index (κ2) is 8.95. The van der Waals surface area contributed by atoms with E-state index in [1.165, 1.54) is 5.56 Å². The Hall–Kier alpha value is -1.94. The van der Waals surface area contributed by atoms with E-state index in [4.69, 9.17) is 0 Å². The predicted octanol–water partition coefficient (Wildman–Crippen LogP) is 4.63. The Morgan fingerprint density at radius 3 is 2.08 bits per heavy atom. The molecule has 0 aliphatic rings. The minimum atomic E-state index is 0.148. The fourth-order valence-electron chi connectivity index (χ4n) is 2.47. The summed E-state index contributed by atoms with van der Waals surface area (Å²) in [6.45, 7) is 5.01. The van der Waals surface area contributed by atoms with Crippen LogP contribution in [-0.2, 0) is 11.3 Å². The summed E-state index contributed by atoms with van der Waals surface area (Å²) >= 11 is 1.60. The molecule has 0 heterocycles. The highest BCUT2D eigenvalue weighted by atomic mass is 32.2. The lowest BCUT2D eigenvalue weighted by Crippen LogP contribution is -2.27. The van der Waals surface area contributed by atoms with E-state index in [2.05, 4.69) is 67.3 Å². The highest BCUT2D eigenvalue weighted by Crippen LogP contribution is 2.22. The molecule has 2 aromatic carbocycles. The quantitative estimate of drug-likeness (QED) is 0.676. The van der Waals surface area contributed by atoms with Crippen LogP contribution >= 0.6 is 11.8 Å². The first kappa shape index (κ1) is 19.4. The van der Waals surface area contributed by atoms with Gasteiger partial charge < -0.3 is 9.80 Å². The number of thioether (sulfide) groups is 1. The van der Waals surface area contributed by atoms with E-state index in [0.717, 1.165) is 16.1 Å². The third-order valence-corrected chi connectivity index (χ3v) is 5.20. The highest BCUT2D eigenvalue weighted by molar-refractivity contribution is 8.00. The third-order valence-electron chi connectivity index (χ3n) is 4.21. The number of nitrogens with zero attached hydrogens (tertiary/aromatic N) is 2. The summed E-state index contributed by atoms with van der Waals surface area (Å²) in [6, 6.07) is 16.8. The maximum Gasteiger partial charge on any atom is 0.232 e. The first-order valence-electron chi connectivity index (χ1n) is 8.60. The van der Waals surface area contributed by atoms with E-state index in [9.17, 15) is 4.79 Å². The SMILES string of the molecule is CC(C)c1ccc(SCC(=O)N(C)Cc2ccc(N(C)C)cc2)cc1. The largest absolute Gasteiger partial charge is 0.378 e. The molecule has 3 nitrogen and oxygen atoms in total. The first-order chi connectivity index (χ1) is 11.9. The van der Waals surface area contributed by atoms with Crippen molar-refractivity contribution in [2.45, 2.75) is 31.2 Å². The molecule has 0 unspecified atom stereocenters. The van der Waals surface area contributed by atoms with Crippen LogP contribution in [0, 0.1) is 0 Å². The fraction of sp³-hybridized carbons (Fsp3) is 0.381. The first-order valence-corrected chi connectivity index (χ1v) is 9.58. The van der Waals surface area contributed by atoms with Crippen LogP contribution in [0.3, 0.4) is 0 Å². The molecule has 4 heteroatoms. The molecule has 2 rings (SSSR count). The molecule has 0 N–H and O–H groups in total. The Morgan fingerprint density at radius 1 is 0.960 bits per heavy atom. The minimum Gasteiger partial charge on any atom is -0.378 e. The molecule has 2 aromatic rings. The van der Waals surface area contributed by atoms with E-state index in [1.807, 2.05) is 21.1 Å². The van der Waals surface area contributed by atoms with Gasteiger partial charge in [0.15, 0.2) is 0 Å². The maximum absolute atomic E-state index is 12.4. The topological polar surface area (TPSA) is 23.6 Å². The van der Waals surface area contributed by atoms with Crippen molar-refractivity contribution in [1.82, 2.24) is 4.90 Å². The van der Waals surface area contributed by atoms with Crippen LogP contribution in [0.5, 0.6) is 0 Å². The molecule has 0 aliphatic carbocycles. The van der Waals surface area contributed by atoms with Crippen LogP contribution in [0.15, 0.2) is 53.4 Å². The molecular weight excluding hydrogens is 328 g/mol. The number of anilines is 1. The van der Waals surface area contributed by atoms with Crippen LogP contribution < -0.4 is 4.90 Å². The van der Waals surface area contributed by atoms with Crippen LogP contribution in [0.2, 0.25) is 0 Å². The zero-order chi connectivity index (χ0) is 18.4. The zero-order valence-electron chi connectivity index (χ0n) is 15.8. The molecule has 0 atom stereocenters. The van der Waals surface area contributed by atoms with Crippen LogP contribution in [0.25, 0.3) is 0 Å². The molecule has 0 bridgehead atoms. The van der Waals surface area contributed by atoms with Crippen molar-refractivity contribution < 1.29 is 4.79 Å². The normalized spacial score (nSPS) is 10.8. The van der Waals surface area contributed by atoms with Gasteiger partial charge in [-0.3, -0.25) is 4.79 Å². The lowest BCUT2D eigenvalue weighted by atomic mass is 10.0. The predicted molar refractivity (Wildman–Crippen MR) is 108 cm³/mol. The number of hydrogen-bond acceptors (Lipinski definition) is 3. The monoisotopic (exact) mass is 356 g/mol. The summed E-state index contributed by atoms with van der Waals surface area (Å²) in [7, 11) is 5.91. The standard InChI is InChI=1S/C21H28N2OS/c1-16(2)18-8-12-20(13-9-18)25-15-21(24)23(5)14-17-6-10-19(11-7-17)22(3)4/h6-13,16H,14-15H2,1-5H3. The average molecular weight is 357 g/mol. The summed E-state index contributed by atoms with van der Waals surface area (Å²) in [6.07, 6.45) is 0. The molecule has 134 valence electrons. The van der Waals surface area contributed by atoms with Crippen molar-refractivity contribution in [2.75, 3.05) is 31.8 Å². The third kappa shape index (κ3) is 5.82. The molecule has 0 saturated carbocycles. The Balaban J connectivity index is 1.85. The summed E-state index contributed by atoms with van der Waals surface area (Å²) < 4.78 is 0. The Morgan fingerprint density at radius 2 is 1.56 bits per heavy atom.